The summed E-state index contributed by atoms with van der Waals surface area (Å²) in [6.45, 7) is 6.33. The normalized spacial score (nSPS) is 11.5. The Hall–Kier alpha value is -1.43. The van der Waals surface area contributed by atoms with E-state index >= 15 is 0 Å². The molecule has 1 rings (SSSR count). The van der Waals surface area contributed by atoms with Gasteiger partial charge in [-0.1, -0.05) is 6.92 Å². The van der Waals surface area contributed by atoms with Crippen LogP contribution in [-0.4, -0.2) is 32.8 Å². The largest absolute Gasteiger partial charge is 0.304 e. The van der Waals surface area contributed by atoms with Crippen LogP contribution >= 0.6 is 0 Å². The molecule has 1 aromatic heterocycles. The van der Waals surface area contributed by atoms with Gasteiger partial charge in [-0.15, -0.1) is 0 Å². The Bertz CT molecular complexity index is 344. The van der Waals surface area contributed by atoms with Gasteiger partial charge in [0, 0.05) is 7.05 Å². The van der Waals surface area contributed by atoms with E-state index < -0.39 is 5.54 Å². The molecule has 1 heterocycles. The molecule has 15 heavy (non-hydrogen) atoms. The molecule has 0 bridgehead atoms. The van der Waals surface area contributed by atoms with E-state index in [1.165, 1.54) is 11.0 Å². The molecule has 6 nitrogen and oxygen atoms in total. The lowest BCUT2D eigenvalue weighted by atomic mass is 10.1. The van der Waals surface area contributed by atoms with Gasteiger partial charge in [-0.05, 0) is 20.4 Å². The second-order valence-corrected chi connectivity index (χ2v) is 3.82. The van der Waals surface area contributed by atoms with Gasteiger partial charge in [-0.25, -0.2) is 4.68 Å². The quantitative estimate of drug-likeness (QED) is 0.743. The first-order chi connectivity index (χ1) is 6.97. The minimum atomic E-state index is -0.610. The fourth-order valence-electron chi connectivity index (χ4n) is 1.19. The van der Waals surface area contributed by atoms with Gasteiger partial charge in [0.05, 0.1) is 5.54 Å². The molecule has 84 valence electrons. The molecule has 2 N–H and O–H groups in total. The van der Waals surface area contributed by atoms with Gasteiger partial charge in [0.25, 0.3) is 0 Å². The van der Waals surface area contributed by atoms with Gasteiger partial charge in [0.2, 0.25) is 11.9 Å². The van der Waals surface area contributed by atoms with Gasteiger partial charge in [-0.3, -0.25) is 10.1 Å². The van der Waals surface area contributed by atoms with Gasteiger partial charge in [0.15, 0.2) is 0 Å². The van der Waals surface area contributed by atoms with Gasteiger partial charge >= 0.3 is 0 Å². The number of aromatic nitrogens is 3. The Morgan fingerprint density at radius 1 is 1.60 bits per heavy atom. The summed E-state index contributed by atoms with van der Waals surface area (Å²) in [5.41, 5.74) is -0.610. The number of hydrogen-bond acceptors (Lipinski definition) is 4. The fourth-order valence-corrected chi connectivity index (χ4v) is 1.19. The highest BCUT2D eigenvalue weighted by atomic mass is 16.2. The van der Waals surface area contributed by atoms with E-state index in [4.69, 9.17) is 0 Å². The zero-order chi connectivity index (χ0) is 11.5. The average molecular weight is 211 g/mol. The Kier molecular flexibility index (Phi) is 3.41. The second kappa shape index (κ2) is 4.39. The predicted octanol–water partition coefficient (Wildman–Crippen LogP) is 0.142. The zero-order valence-corrected chi connectivity index (χ0v) is 9.53. The van der Waals surface area contributed by atoms with Gasteiger partial charge < -0.3 is 5.32 Å². The molecule has 6 heteroatoms. The van der Waals surface area contributed by atoms with Crippen molar-refractivity contribution in [2.45, 2.75) is 26.3 Å². The molecule has 0 radical (unpaired) electrons. The Balaban J connectivity index is 2.67. The van der Waals surface area contributed by atoms with Crippen LogP contribution in [-0.2, 0) is 11.8 Å². The first-order valence-electron chi connectivity index (χ1n) is 4.88. The maximum atomic E-state index is 11.8. The third kappa shape index (κ3) is 2.76. The number of carbonyl (C=O) groups excluding carboxylic acids is 1. The Labute approximate surface area is 89.1 Å². The lowest BCUT2D eigenvalue weighted by Gasteiger charge is -2.23. The van der Waals surface area contributed by atoms with Crippen LogP contribution in [0.2, 0.25) is 0 Å². The van der Waals surface area contributed by atoms with Gasteiger partial charge in [-0.2, -0.15) is 10.1 Å². The molecule has 0 aromatic carbocycles. The summed E-state index contributed by atoms with van der Waals surface area (Å²) in [6, 6.07) is 0. The van der Waals surface area contributed by atoms with E-state index in [1.54, 1.807) is 7.05 Å². The molecule has 1 aromatic rings. The average Bonchev–Trinajstić information content (AvgIpc) is 2.52. The standard InChI is InChI=1S/C9H17N5O/c1-5-11-9(2,3)7(15)13-8-10-6-12-14(8)4/h6,11H,5H2,1-4H3,(H,10,12,13,15). The smallest absolute Gasteiger partial charge is 0.246 e. The minimum absolute atomic E-state index is 0.125. The van der Waals surface area contributed by atoms with Crippen molar-refractivity contribution in [3.63, 3.8) is 0 Å². The fraction of sp³-hybridized carbons (Fsp3) is 0.667. The molecule has 0 saturated heterocycles. The summed E-state index contributed by atoms with van der Waals surface area (Å²) in [5.74, 6) is 0.325. The van der Waals surface area contributed by atoms with Gasteiger partial charge in [0.1, 0.15) is 6.33 Å². The van der Waals surface area contributed by atoms with Crippen molar-refractivity contribution < 1.29 is 4.79 Å². The van der Waals surface area contributed by atoms with Crippen LogP contribution in [0.25, 0.3) is 0 Å². The topological polar surface area (TPSA) is 71.8 Å². The van der Waals surface area contributed by atoms with Crippen LogP contribution in [0.1, 0.15) is 20.8 Å². The van der Waals surface area contributed by atoms with E-state index in [0.717, 1.165) is 6.54 Å². The molecular weight excluding hydrogens is 194 g/mol. The molecule has 0 aliphatic carbocycles. The second-order valence-electron chi connectivity index (χ2n) is 3.82. The molecule has 0 aliphatic heterocycles. The molecule has 0 fully saturated rings. The van der Waals surface area contributed by atoms with Crippen LogP contribution < -0.4 is 10.6 Å². The molecule has 0 atom stereocenters. The zero-order valence-electron chi connectivity index (χ0n) is 9.53. The summed E-state index contributed by atoms with van der Waals surface area (Å²) in [5, 5.41) is 9.66. The minimum Gasteiger partial charge on any atom is -0.304 e. The number of anilines is 1. The van der Waals surface area contributed by atoms with Crippen LogP contribution in [0.3, 0.4) is 0 Å². The van der Waals surface area contributed by atoms with Crippen LogP contribution in [0.15, 0.2) is 6.33 Å². The van der Waals surface area contributed by atoms with Crippen LogP contribution in [0, 0.1) is 0 Å². The number of aryl methyl sites for hydroxylation is 1. The highest BCUT2D eigenvalue weighted by Gasteiger charge is 2.27. The van der Waals surface area contributed by atoms with Crippen molar-refractivity contribution in [3.05, 3.63) is 6.33 Å². The Morgan fingerprint density at radius 2 is 2.27 bits per heavy atom. The number of likely N-dealkylation sites (N-methyl/N-ethyl adjacent to an activating group) is 1. The van der Waals surface area contributed by atoms with Crippen LogP contribution in [0.4, 0.5) is 5.95 Å². The maximum Gasteiger partial charge on any atom is 0.246 e. The number of amides is 1. The van der Waals surface area contributed by atoms with E-state index in [2.05, 4.69) is 20.7 Å². The number of rotatable bonds is 4. The highest BCUT2D eigenvalue weighted by molar-refractivity contribution is 5.96. The van der Waals surface area contributed by atoms with Crippen molar-refractivity contribution in [3.8, 4) is 0 Å². The third-order valence-corrected chi connectivity index (χ3v) is 2.12. The van der Waals surface area contributed by atoms with Crippen LogP contribution in [0.5, 0.6) is 0 Å². The first kappa shape index (κ1) is 11.6. The number of carbonyl (C=O) groups is 1. The monoisotopic (exact) mass is 211 g/mol. The lowest BCUT2D eigenvalue weighted by molar-refractivity contribution is -0.121. The van der Waals surface area contributed by atoms with E-state index in [9.17, 15) is 4.79 Å². The molecular formula is C9H17N5O. The third-order valence-electron chi connectivity index (χ3n) is 2.12. The summed E-state index contributed by atoms with van der Waals surface area (Å²) in [4.78, 5) is 15.7. The van der Waals surface area contributed by atoms with Crippen molar-refractivity contribution in [1.82, 2.24) is 20.1 Å². The molecule has 0 unspecified atom stereocenters. The SMILES string of the molecule is CCNC(C)(C)C(=O)Nc1ncnn1C. The lowest BCUT2D eigenvalue weighted by Crippen LogP contribution is -2.50. The van der Waals surface area contributed by atoms with Crippen molar-refractivity contribution >= 4 is 11.9 Å². The summed E-state index contributed by atoms with van der Waals surface area (Å²) in [7, 11) is 1.73. The maximum absolute atomic E-state index is 11.8. The summed E-state index contributed by atoms with van der Waals surface area (Å²) >= 11 is 0. The molecule has 0 aliphatic rings. The van der Waals surface area contributed by atoms with Crippen molar-refractivity contribution in [1.29, 1.82) is 0 Å². The van der Waals surface area contributed by atoms with E-state index in [0.29, 0.717) is 5.95 Å². The number of nitrogens with zero attached hydrogens (tertiary/aromatic N) is 3. The molecule has 0 spiro atoms. The predicted molar refractivity (Wildman–Crippen MR) is 57.4 cm³/mol. The molecule has 0 saturated carbocycles. The van der Waals surface area contributed by atoms with Crippen molar-refractivity contribution in [2.24, 2.45) is 7.05 Å². The summed E-state index contributed by atoms with van der Waals surface area (Å²) in [6.07, 6.45) is 1.40. The van der Waals surface area contributed by atoms with E-state index in [1.807, 2.05) is 20.8 Å². The number of hydrogen-bond donors (Lipinski definition) is 2. The van der Waals surface area contributed by atoms with Crippen molar-refractivity contribution in [2.75, 3.05) is 11.9 Å². The number of nitrogens with one attached hydrogen (secondary N) is 2. The first-order valence-corrected chi connectivity index (χ1v) is 4.88. The Morgan fingerprint density at radius 3 is 2.73 bits per heavy atom. The summed E-state index contributed by atoms with van der Waals surface area (Å²) < 4.78 is 1.51. The van der Waals surface area contributed by atoms with E-state index in [-0.39, 0.29) is 5.91 Å². The molecule has 1 amide bonds. The highest BCUT2D eigenvalue weighted by Crippen LogP contribution is 2.06.